The predicted molar refractivity (Wildman–Crippen MR) is 42.1 cm³/mol. The molecule has 0 atom stereocenters. The molecule has 1 aliphatic rings. The molecule has 3 nitrogen and oxygen atoms in total. The van der Waals surface area contributed by atoms with Crippen LogP contribution in [0, 0.1) is 5.92 Å². The monoisotopic (exact) mass is 176 g/mol. The van der Waals surface area contributed by atoms with E-state index in [0.29, 0.717) is 25.2 Å². The molecule has 64 valence electrons. The summed E-state index contributed by atoms with van der Waals surface area (Å²) in [6.45, 7) is 0. The van der Waals surface area contributed by atoms with Gasteiger partial charge in [-0.15, -0.1) is 0 Å². The molecule has 1 rings (SSSR count). The first-order valence-corrected chi connectivity index (χ1v) is 5.73. The van der Waals surface area contributed by atoms with Gasteiger partial charge < -0.3 is 0 Å². The van der Waals surface area contributed by atoms with Gasteiger partial charge in [-0.25, -0.2) is 8.42 Å². The standard InChI is InChI=1S/C7H12O3S/c1-11(9,10)3-2-6-4-7(8)5-6/h6H,2-5H2,1H3. The summed E-state index contributed by atoms with van der Waals surface area (Å²) in [6.07, 6.45) is 3.07. The Morgan fingerprint density at radius 3 is 2.36 bits per heavy atom. The van der Waals surface area contributed by atoms with Crippen LogP contribution in [0.3, 0.4) is 0 Å². The molecule has 0 heterocycles. The van der Waals surface area contributed by atoms with Gasteiger partial charge in [0.25, 0.3) is 0 Å². The van der Waals surface area contributed by atoms with E-state index in [4.69, 9.17) is 0 Å². The van der Waals surface area contributed by atoms with Crippen molar-refractivity contribution in [3.05, 3.63) is 0 Å². The zero-order valence-electron chi connectivity index (χ0n) is 6.54. The van der Waals surface area contributed by atoms with E-state index >= 15 is 0 Å². The van der Waals surface area contributed by atoms with E-state index in [0.717, 1.165) is 0 Å². The molecule has 0 radical (unpaired) electrons. The van der Waals surface area contributed by atoms with E-state index in [1.165, 1.54) is 6.26 Å². The Morgan fingerprint density at radius 1 is 1.45 bits per heavy atom. The van der Waals surface area contributed by atoms with Crippen molar-refractivity contribution in [2.45, 2.75) is 19.3 Å². The molecule has 0 aromatic heterocycles. The molecule has 0 aliphatic heterocycles. The van der Waals surface area contributed by atoms with Crippen LogP contribution in [-0.4, -0.2) is 26.2 Å². The van der Waals surface area contributed by atoms with Crippen LogP contribution >= 0.6 is 0 Å². The van der Waals surface area contributed by atoms with E-state index in [2.05, 4.69) is 0 Å². The molecule has 1 saturated carbocycles. The summed E-state index contributed by atoms with van der Waals surface area (Å²) in [4.78, 5) is 10.5. The topological polar surface area (TPSA) is 51.2 Å². The highest BCUT2D eigenvalue weighted by Gasteiger charge is 2.26. The molecule has 1 fully saturated rings. The van der Waals surface area contributed by atoms with E-state index < -0.39 is 9.84 Å². The molecule has 0 aromatic rings. The molecule has 1 aliphatic carbocycles. The third kappa shape index (κ3) is 3.01. The highest BCUT2D eigenvalue weighted by molar-refractivity contribution is 7.90. The van der Waals surface area contributed by atoms with Crippen LogP contribution in [0.15, 0.2) is 0 Å². The van der Waals surface area contributed by atoms with E-state index in [-0.39, 0.29) is 11.5 Å². The Balaban J connectivity index is 2.20. The van der Waals surface area contributed by atoms with Crippen LogP contribution in [0.2, 0.25) is 0 Å². The lowest BCUT2D eigenvalue weighted by atomic mass is 9.82. The third-order valence-corrected chi connectivity index (χ3v) is 2.91. The molecule has 0 bridgehead atoms. The summed E-state index contributed by atoms with van der Waals surface area (Å²) in [5.74, 6) is 0.839. The number of hydrogen-bond acceptors (Lipinski definition) is 3. The Hall–Kier alpha value is -0.380. The van der Waals surface area contributed by atoms with Gasteiger partial charge in [0.2, 0.25) is 0 Å². The minimum atomic E-state index is -2.82. The average molecular weight is 176 g/mol. The molecule has 0 unspecified atom stereocenters. The van der Waals surface area contributed by atoms with Crippen LogP contribution in [-0.2, 0) is 14.6 Å². The summed E-state index contributed by atoms with van der Waals surface area (Å²) in [5, 5.41) is 0. The Labute approximate surface area is 66.7 Å². The zero-order valence-corrected chi connectivity index (χ0v) is 7.36. The second kappa shape index (κ2) is 2.93. The number of ketones is 1. The first kappa shape index (κ1) is 8.71. The van der Waals surface area contributed by atoms with Gasteiger partial charge in [0.15, 0.2) is 0 Å². The lowest BCUT2D eigenvalue weighted by Crippen LogP contribution is -2.25. The molecule has 0 saturated heterocycles. The number of carbonyl (C=O) groups excluding carboxylic acids is 1. The molecular formula is C7H12O3S. The van der Waals surface area contributed by atoms with Crippen LogP contribution in [0.25, 0.3) is 0 Å². The lowest BCUT2D eigenvalue weighted by molar-refractivity contribution is -0.126. The number of rotatable bonds is 3. The first-order valence-electron chi connectivity index (χ1n) is 3.67. The van der Waals surface area contributed by atoms with Crippen LogP contribution < -0.4 is 0 Å². The van der Waals surface area contributed by atoms with Crippen molar-refractivity contribution < 1.29 is 13.2 Å². The fraction of sp³-hybridized carbons (Fsp3) is 0.857. The van der Waals surface area contributed by atoms with Gasteiger partial charge in [-0.3, -0.25) is 4.79 Å². The van der Waals surface area contributed by atoms with Crippen molar-refractivity contribution in [1.82, 2.24) is 0 Å². The van der Waals surface area contributed by atoms with Crippen molar-refractivity contribution in [2.75, 3.05) is 12.0 Å². The van der Waals surface area contributed by atoms with E-state index in [1.807, 2.05) is 0 Å². The Bertz CT molecular complexity index is 245. The number of Topliss-reactive ketones (excluding diaryl/α,β-unsaturated/α-hetero) is 1. The van der Waals surface area contributed by atoms with Gasteiger partial charge >= 0.3 is 0 Å². The summed E-state index contributed by atoms with van der Waals surface area (Å²) >= 11 is 0. The SMILES string of the molecule is CS(=O)(=O)CCC1CC(=O)C1. The van der Waals surface area contributed by atoms with Crippen LogP contribution in [0.1, 0.15) is 19.3 Å². The highest BCUT2D eigenvalue weighted by Crippen LogP contribution is 2.26. The van der Waals surface area contributed by atoms with Crippen molar-refractivity contribution in [3.8, 4) is 0 Å². The molecule has 4 heteroatoms. The Morgan fingerprint density at radius 2 is 2.00 bits per heavy atom. The van der Waals surface area contributed by atoms with Gasteiger partial charge in [-0.1, -0.05) is 0 Å². The molecule has 11 heavy (non-hydrogen) atoms. The minimum absolute atomic E-state index is 0.227. The number of sulfone groups is 1. The van der Waals surface area contributed by atoms with Crippen molar-refractivity contribution in [1.29, 1.82) is 0 Å². The molecular weight excluding hydrogens is 164 g/mol. The zero-order chi connectivity index (χ0) is 8.48. The summed E-state index contributed by atoms with van der Waals surface area (Å²) < 4.78 is 21.3. The lowest BCUT2D eigenvalue weighted by Gasteiger charge is -2.23. The first-order chi connectivity index (χ1) is 4.97. The highest BCUT2D eigenvalue weighted by atomic mass is 32.2. The fourth-order valence-corrected chi connectivity index (χ4v) is 1.93. The summed E-state index contributed by atoms with van der Waals surface area (Å²) in [5.41, 5.74) is 0. The van der Waals surface area contributed by atoms with E-state index in [1.54, 1.807) is 0 Å². The summed E-state index contributed by atoms with van der Waals surface area (Å²) in [6, 6.07) is 0. The Kier molecular flexibility index (Phi) is 2.32. The van der Waals surface area contributed by atoms with Crippen molar-refractivity contribution >= 4 is 15.6 Å². The molecule has 0 amide bonds. The molecule has 0 N–H and O–H groups in total. The predicted octanol–water partition coefficient (Wildman–Crippen LogP) is 0.400. The maximum atomic E-state index is 10.7. The van der Waals surface area contributed by atoms with Crippen LogP contribution in [0.5, 0.6) is 0 Å². The van der Waals surface area contributed by atoms with Gasteiger partial charge in [0.1, 0.15) is 15.6 Å². The second-order valence-electron chi connectivity index (χ2n) is 3.23. The summed E-state index contributed by atoms with van der Waals surface area (Å²) in [7, 11) is -2.82. The third-order valence-electron chi connectivity index (χ3n) is 1.93. The largest absolute Gasteiger partial charge is 0.300 e. The maximum Gasteiger partial charge on any atom is 0.147 e. The fourth-order valence-electron chi connectivity index (χ4n) is 1.17. The van der Waals surface area contributed by atoms with E-state index in [9.17, 15) is 13.2 Å². The van der Waals surface area contributed by atoms with Crippen molar-refractivity contribution in [2.24, 2.45) is 5.92 Å². The van der Waals surface area contributed by atoms with Crippen molar-refractivity contribution in [3.63, 3.8) is 0 Å². The second-order valence-corrected chi connectivity index (χ2v) is 5.49. The van der Waals surface area contributed by atoms with Crippen LogP contribution in [0.4, 0.5) is 0 Å². The number of hydrogen-bond donors (Lipinski definition) is 0. The van der Waals surface area contributed by atoms with Gasteiger partial charge in [0, 0.05) is 19.1 Å². The quantitative estimate of drug-likeness (QED) is 0.625. The smallest absolute Gasteiger partial charge is 0.147 e. The normalized spacial score (nSPS) is 19.9. The van der Waals surface area contributed by atoms with Gasteiger partial charge in [-0.05, 0) is 12.3 Å². The number of carbonyl (C=O) groups is 1. The molecule has 0 spiro atoms. The van der Waals surface area contributed by atoms with Gasteiger partial charge in [-0.2, -0.15) is 0 Å². The average Bonchev–Trinajstić information content (AvgIpc) is 1.75. The van der Waals surface area contributed by atoms with Gasteiger partial charge in [0.05, 0.1) is 5.75 Å². The maximum absolute atomic E-state index is 10.7. The minimum Gasteiger partial charge on any atom is -0.300 e. The molecule has 0 aromatic carbocycles.